The number of carbonyl (C=O) groups is 2. The molecule has 0 bridgehead atoms. The number of fused-ring (bicyclic) bond motifs is 1. The van der Waals surface area contributed by atoms with E-state index in [1.54, 1.807) is 9.13 Å². The van der Waals surface area contributed by atoms with Crippen molar-refractivity contribution in [3.05, 3.63) is 64.3 Å². The first-order valence-corrected chi connectivity index (χ1v) is 8.99. The van der Waals surface area contributed by atoms with Gasteiger partial charge in [0.05, 0.1) is 16.6 Å². The van der Waals surface area contributed by atoms with Gasteiger partial charge >= 0.3 is 5.69 Å². The second-order valence-electron chi connectivity index (χ2n) is 6.43. The molecule has 0 unspecified atom stereocenters. The maximum absolute atomic E-state index is 13.5. The lowest BCUT2D eigenvalue weighted by Gasteiger charge is -2.08. The minimum Gasteiger partial charge on any atom is -0.366 e. The topological polar surface area (TPSA) is 99.1 Å². The Bertz CT molecular complexity index is 1100. The molecular formula is C20H21FN4O3. The average Bonchev–Trinajstić information content (AvgIpc) is 2.93. The molecule has 0 aliphatic heterocycles. The van der Waals surface area contributed by atoms with Crippen molar-refractivity contribution in [2.24, 2.45) is 5.73 Å². The zero-order chi connectivity index (χ0) is 20.3. The summed E-state index contributed by atoms with van der Waals surface area (Å²) in [5.74, 6) is -2.02. The van der Waals surface area contributed by atoms with E-state index in [0.717, 1.165) is 23.5 Å². The highest BCUT2D eigenvalue weighted by molar-refractivity contribution is 5.96. The van der Waals surface area contributed by atoms with Gasteiger partial charge in [-0.2, -0.15) is 0 Å². The molecule has 146 valence electrons. The van der Waals surface area contributed by atoms with Crippen molar-refractivity contribution in [1.82, 2.24) is 9.13 Å². The van der Waals surface area contributed by atoms with E-state index in [-0.39, 0.29) is 35.8 Å². The Hall–Kier alpha value is -3.42. The molecule has 0 atom stereocenters. The highest BCUT2D eigenvalue weighted by atomic mass is 19.1. The molecule has 3 aromatic rings. The molecule has 2 aromatic carbocycles. The maximum Gasteiger partial charge on any atom is 0.329 e. The van der Waals surface area contributed by atoms with Gasteiger partial charge in [0.25, 0.3) is 5.91 Å². The fourth-order valence-corrected chi connectivity index (χ4v) is 3.16. The third-order valence-corrected chi connectivity index (χ3v) is 4.45. The van der Waals surface area contributed by atoms with Crippen LogP contribution in [0.5, 0.6) is 0 Å². The number of anilines is 1. The van der Waals surface area contributed by atoms with E-state index in [0.29, 0.717) is 6.54 Å². The van der Waals surface area contributed by atoms with Crippen molar-refractivity contribution in [3.63, 3.8) is 0 Å². The lowest BCUT2D eigenvalue weighted by Crippen LogP contribution is -2.26. The Morgan fingerprint density at radius 1 is 1.07 bits per heavy atom. The van der Waals surface area contributed by atoms with E-state index in [1.165, 1.54) is 12.1 Å². The van der Waals surface area contributed by atoms with Crippen molar-refractivity contribution in [2.45, 2.75) is 32.9 Å². The van der Waals surface area contributed by atoms with E-state index in [4.69, 9.17) is 5.73 Å². The second kappa shape index (κ2) is 8.08. The van der Waals surface area contributed by atoms with Gasteiger partial charge in [0.15, 0.2) is 0 Å². The molecule has 28 heavy (non-hydrogen) atoms. The number of primary amides is 1. The fraction of sp³-hybridized carbons (Fsp3) is 0.250. The molecule has 0 fully saturated rings. The number of hydrogen-bond acceptors (Lipinski definition) is 3. The number of imidazole rings is 1. The Labute approximate surface area is 160 Å². The molecular weight excluding hydrogens is 363 g/mol. The molecule has 2 amide bonds. The highest BCUT2D eigenvalue weighted by Crippen LogP contribution is 2.16. The van der Waals surface area contributed by atoms with Crippen molar-refractivity contribution in [3.8, 4) is 0 Å². The van der Waals surface area contributed by atoms with Crippen LogP contribution >= 0.6 is 0 Å². The first-order chi connectivity index (χ1) is 13.4. The van der Waals surface area contributed by atoms with Gasteiger partial charge < -0.3 is 11.1 Å². The number of nitrogens with one attached hydrogen (secondary N) is 1. The van der Waals surface area contributed by atoms with E-state index in [1.807, 2.05) is 31.2 Å². The summed E-state index contributed by atoms with van der Waals surface area (Å²) in [6.45, 7) is 2.80. The number of amides is 2. The lowest BCUT2D eigenvalue weighted by molar-refractivity contribution is -0.116. The lowest BCUT2D eigenvalue weighted by atomic mass is 10.1. The van der Waals surface area contributed by atoms with Crippen LogP contribution in [0.4, 0.5) is 10.1 Å². The summed E-state index contributed by atoms with van der Waals surface area (Å²) in [6, 6.07) is 11.0. The zero-order valence-electron chi connectivity index (χ0n) is 15.4. The summed E-state index contributed by atoms with van der Waals surface area (Å²) >= 11 is 0. The summed E-state index contributed by atoms with van der Waals surface area (Å²) < 4.78 is 16.8. The van der Waals surface area contributed by atoms with Crippen LogP contribution in [0.1, 0.15) is 30.1 Å². The van der Waals surface area contributed by atoms with Gasteiger partial charge in [-0.3, -0.25) is 18.7 Å². The molecule has 3 N–H and O–H groups in total. The molecule has 0 aliphatic carbocycles. The maximum atomic E-state index is 13.5. The van der Waals surface area contributed by atoms with Gasteiger partial charge in [-0.05, 0) is 36.8 Å². The highest BCUT2D eigenvalue weighted by Gasteiger charge is 2.14. The third kappa shape index (κ3) is 3.80. The molecule has 0 radical (unpaired) electrons. The van der Waals surface area contributed by atoms with Crippen molar-refractivity contribution < 1.29 is 14.0 Å². The number of halogens is 1. The van der Waals surface area contributed by atoms with Crippen LogP contribution in [0, 0.1) is 5.82 Å². The van der Waals surface area contributed by atoms with E-state index < -0.39 is 11.7 Å². The number of para-hydroxylation sites is 2. The number of aromatic nitrogens is 2. The van der Waals surface area contributed by atoms with Gasteiger partial charge in [0, 0.05) is 25.2 Å². The summed E-state index contributed by atoms with van der Waals surface area (Å²) in [4.78, 5) is 36.2. The van der Waals surface area contributed by atoms with Gasteiger partial charge in [-0.15, -0.1) is 0 Å². The van der Waals surface area contributed by atoms with E-state index >= 15 is 0 Å². The number of aryl methyl sites for hydroxylation is 2. The number of rotatable bonds is 7. The van der Waals surface area contributed by atoms with Gasteiger partial charge in [-0.25, -0.2) is 9.18 Å². The molecule has 0 saturated heterocycles. The van der Waals surface area contributed by atoms with Crippen molar-refractivity contribution >= 4 is 28.5 Å². The average molecular weight is 384 g/mol. The molecule has 0 saturated carbocycles. The molecule has 8 heteroatoms. The first kappa shape index (κ1) is 19.3. The zero-order valence-corrected chi connectivity index (χ0v) is 15.4. The Morgan fingerprint density at radius 2 is 1.71 bits per heavy atom. The van der Waals surface area contributed by atoms with Crippen LogP contribution in [-0.4, -0.2) is 20.9 Å². The number of nitrogens with two attached hydrogens (primary N) is 1. The largest absolute Gasteiger partial charge is 0.366 e. The molecule has 0 spiro atoms. The minimum absolute atomic E-state index is 0.0450. The smallest absolute Gasteiger partial charge is 0.329 e. The molecule has 1 aromatic heterocycles. The summed E-state index contributed by atoms with van der Waals surface area (Å²) in [5, 5.41) is 2.60. The van der Waals surface area contributed by atoms with Crippen LogP contribution in [-0.2, 0) is 17.9 Å². The number of carbonyl (C=O) groups excluding carboxylic acids is 2. The van der Waals surface area contributed by atoms with Crippen LogP contribution in [0.3, 0.4) is 0 Å². The summed E-state index contributed by atoms with van der Waals surface area (Å²) in [7, 11) is 0. The monoisotopic (exact) mass is 384 g/mol. The van der Waals surface area contributed by atoms with Crippen LogP contribution in [0.15, 0.2) is 47.3 Å². The standard InChI is InChI=1S/C20H21FN4O3/c1-2-10-24-16-5-3-4-6-17(16)25(20(24)28)11-9-18(26)23-13-7-8-15(21)14(12-13)19(22)27/h3-8,12H,2,9-11H2,1H3,(H2,22,27)(H,23,26). The number of hydrogen-bond donors (Lipinski definition) is 2. The predicted octanol–water partition coefficient (Wildman–Crippen LogP) is 2.48. The Kier molecular flexibility index (Phi) is 5.58. The van der Waals surface area contributed by atoms with Crippen LogP contribution in [0.2, 0.25) is 0 Å². The quantitative estimate of drug-likeness (QED) is 0.655. The normalized spacial score (nSPS) is 10.9. The molecule has 1 heterocycles. The SMILES string of the molecule is CCCn1c(=O)n(CCC(=O)Nc2ccc(F)c(C(N)=O)c2)c2ccccc21. The van der Waals surface area contributed by atoms with E-state index in [2.05, 4.69) is 5.32 Å². The minimum atomic E-state index is -0.913. The summed E-state index contributed by atoms with van der Waals surface area (Å²) in [5.41, 5.74) is 6.53. The predicted molar refractivity (Wildman–Crippen MR) is 105 cm³/mol. The van der Waals surface area contributed by atoms with Crippen LogP contribution < -0.4 is 16.7 Å². The van der Waals surface area contributed by atoms with Gasteiger partial charge in [-0.1, -0.05) is 19.1 Å². The second-order valence-corrected chi connectivity index (χ2v) is 6.43. The molecule has 7 nitrogen and oxygen atoms in total. The first-order valence-electron chi connectivity index (χ1n) is 8.99. The van der Waals surface area contributed by atoms with Crippen LogP contribution in [0.25, 0.3) is 11.0 Å². The molecule has 0 aliphatic rings. The third-order valence-electron chi connectivity index (χ3n) is 4.45. The van der Waals surface area contributed by atoms with Gasteiger partial charge in [0.1, 0.15) is 5.82 Å². The Morgan fingerprint density at radius 3 is 2.32 bits per heavy atom. The Balaban J connectivity index is 1.77. The van der Waals surface area contributed by atoms with Crippen molar-refractivity contribution in [1.29, 1.82) is 0 Å². The van der Waals surface area contributed by atoms with E-state index in [9.17, 15) is 18.8 Å². The van der Waals surface area contributed by atoms with Gasteiger partial charge in [0.2, 0.25) is 5.91 Å². The number of benzene rings is 2. The fourth-order valence-electron chi connectivity index (χ4n) is 3.16. The van der Waals surface area contributed by atoms with Crippen molar-refractivity contribution in [2.75, 3.05) is 5.32 Å². The molecule has 3 rings (SSSR count). The number of nitrogens with zero attached hydrogens (tertiary/aromatic N) is 2. The summed E-state index contributed by atoms with van der Waals surface area (Å²) in [6.07, 6.45) is 0.866.